The number of fused-ring (bicyclic) bond motifs is 1. The van der Waals surface area contributed by atoms with Crippen LogP contribution in [0.25, 0.3) is 16.9 Å². The van der Waals surface area contributed by atoms with Gasteiger partial charge in [0.05, 0.1) is 18.5 Å². The van der Waals surface area contributed by atoms with Crippen LogP contribution in [-0.2, 0) is 10.2 Å². The first-order valence-corrected chi connectivity index (χ1v) is 10.8. The van der Waals surface area contributed by atoms with Crippen LogP contribution in [0.15, 0.2) is 36.4 Å². The molecule has 0 unspecified atom stereocenters. The van der Waals surface area contributed by atoms with Crippen LogP contribution < -0.4 is 4.74 Å². The highest BCUT2D eigenvalue weighted by molar-refractivity contribution is 5.94. The molecule has 2 aromatic heterocycles. The quantitative estimate of drug-likeness (QED) is 0.632. The number of carbonyl (C=O) groups is 2. The number of amides is 2. The van der Waals surface area contributed by atoms with Crippen LogP contribution in [0.1, 0.15) is 43.9 Å². The number of piperazine rings is 1. The molecule has 3 aromatic rings. The van der Waals surface area contributed by atoms with Gasteiger partial charge in [-0.25, -0.2) is 9.50 Å². The normalized spacial score (nSPS) is 14.7. The fourth-order valence-corrected chi connectivity index (χ4v) is 3.81. The van der Waals surface area contributed by atoms with Gasteiger partial charge in [-0.3, -0.25) is 9.59 Å². The highest BCUT2D eigenvalue weighted by atomic mass is 16.5. The molecular formula is C24H29N5O3. The van der Waals surface area contributed by atoms with Gasteiger partial charge in [0.1, 0.15) is 11.4 Å². The minimum Gasteiger partial charge on any atom is -0.497 e. The molecule has 0 spiro atoms. The molecule has 1 saturated heterocycles. The van der Waals surface area contributed by atoms with Gasteiger partial charge in [0, 0.05) is 50.1 Å². The first-order chi connectivity index (χ1) is 15.2. The Bertz CT molecular complexity index is 1170. The molecule has 8 heteroatoms. The zero-order chi connectivity index (χ0) is 23.0. The first kappa shape index (κ1) is 21.8. The predicted molar refractivity (Wildman–Crippen MR) is 122 cm³/mol. The lowest BCUT2D eigenvalue weighted by atomic mass is 9.93. The SMILES string of the molecule is COc1cccc(-c2cc(C(=O)N3CCN(C(C)=O)CC3)n3nc(C(C)(C)C)cc3n2)c1. The molecule has 3 heterocycles. The Morgan fingerprint density at radius 1 is 1.00 bits per heavy atom. The van der Waals surface area contributed by atoms with E-state index in [-0.39, 0.29) is 17.2 Å². The molecule has 0 bridgehead atoms. The number of hydrogen-bond acceptors (Lipinski definition) is 5. The minimum absolute atomic E-state index is 0.0330. The Balaban J connectivity index is 1.79. The minimum atomic E-state index is -0.183. The Hall–Kier alpha value is -3.42. The van der Waals surface area contributed by atoms with E-state index in [0.717, 1.165) is 17.0 Å². The molecular weight excluding hydrogens is 406 g/mol. The summed E-state index contributed by atoms with van der Waals surface area (Å²) < 4.78 is 7.00. The maximum Gasteiger partial charge on any atom is 0.272 e. The number of methoxy groups -OCH3 is 1. The van der Waals surface area contributed by atoms with Gasteiger partial charge in [-0.05, 0) is 18.2 Å². The summed E-state index contributed by atoms with van der Waals surface area (Å²) in [5, 5.41) is 4.73. The summed E-state index contributed by atoms with van der Waals surface area (Å²) in [4.78, 5) is 33.6. The highest BCUT2D eigenvalue weighted by Crippen LogP contribution is 2.27. The predicted octanol–water partition coefficient (Wildman–Crippen LogP) is 3.01. The van der Waals surface area contributed by atoms with Crippen molar-refractivity contribution in [3.8, 4) is 17.0 Å². The molecule has 1 aliphatic rings. The number of aromatic nitrogens is 3. The third-order valence-corrected chi connectivity index (χ3v) is 5.79. The summed E-state index contributed by atoms with van der Waals surface area (Å²) in [6, 6.07) is 11.4. The van der Waals surface area contributed by atoms with Crippen molar-refractivity contribution < 1.29 is 14.3 Å². The molecule has 2 amide bonds. The molecule has 32 heavy (non-hydrogen) atoms. The maximum absolute atomic E-state index is 13.6. The second kappa shape index (κ2) is 8.26. The van der Waals surface area contributed by atoms with Crippen molar-refractivity contribution in [3.63, 3.8) is 0 Å². The first-order valence-electron chi connectivity index (χ1n) is 10.8. The Kier molecular flexibility index (Phi) is 5.62. The summed E-state index contributed by atoms with van der Waals surface area (Å²) in [7, 11) is 1.62. The lowest BCUT2D eigenvalue weighted by molar-refractivity contribution is -0.130. The third kappa shape index (κ3) is 4.17. The van der Waals surface area contributed by atoms with E-state index in [2.05, 4.69) is 20.8 Å². The van der Waals surface area contributed by atoms with Crippen LogP contribution in [-0.4, -0.2) is 69.5 Å². The number of benzene rings is 1. The second-order valence-electron chi connectivity index (χ2n) is 9.11. The average Bonchev–Trinajstić information content (AvgIpc) is 3.23. The van der Waals surface area contributed by atoms with Crippen LogP contribution >= 0.6 is 0 Å². The summed E-state index contributed by atoms with van der Waals surface area (Å²) in [5.41, 5.74) is 3.31. The van der Waals surface area contributed by atoms with E-state index in [1.54, 1.807) is 34.4 Å². The maximum atomic E-state index is 13.6. The fourth-order valence-electron chi connectivity index (χ4n) is 3.81. The lowest BCUT2D eigenvalue weighted by Gasteiger charge is -2.34. The van der Waals surface area contributed by atoms with Crippen molar-refractivity contribution >= 4 is 17.5 Å². The zero-order valence-corrected chi connectivity index (χ0v) is 19.3. The summed E-state index contributed by atoms with van der Waals surface area (Å²) in [6.07, 6.45) is 0. The number of nitrogens with zero attached hydrogens (tertiary/aromatic N) is 5. The lowest BCUT2D eigenvalue weighted by Crippen LogP contribution is -2.50. The molecule has 0 radical (unpaired) electrons. The van der Waals surface area contributed by atoms with E-state index in [1.165, 1.54) is 0 Å². The largest absolute Gasteiger partial charge is 0.497 e. The van der Waals surface area contributed by atoms with Crippen LogP contribution in [0.5, 0.6) is 5.75 Å². The fraction of sp³-hybridized carbons (Fsp3) is 0.417. The van der Waals surface area contributed by atoms with E-state index >= 15 is 0 Å². The summed E-state index contributed by atoms with van der Waals surface area (Å²) in [6.45, 7) is 9.85. The average molecular weight is 436 g/mol. The molecule has 168 valence electrons. The van der Waals surface area contributed by atoms with Crippen molar-refractivity contribution in [1.82, 2.24) is 24.4 Å². The zero-order valence-electron chi connectivity index (χ0n) is 19.3. The van der Waals surface area contributed by atoms with Gasteiger partial charge in [-0.15, -0.1) is 0 Å². The molecule has 8 nitrogen and oxygen atoms in total. The van der Waals surface area contributed by atoms with E-state index < -0.39 is 0 Å². The summed E-state index contributed by atoms with van der Waals surface area (Å²) in [5.74, 6) is 0.639. The van der Waals surface area contributed by atoms with Crippen molar-refractivity contribution in [1.29, 1.82) is 0 Å². The van der Waals surface area contributed by atoms with Crippen LogP contribution in [0.4, 0.5) is 0 Å². The van der Waals surface area contributed by atoms with E-state index in [1.807, 2.05) is 30.3 Å². The van der Waals surface area contributed by atoms with Gasteiger partial charge in [0.2, 0.25) is 5.91 Å². The number of hydrogen-bond donors (Lipinski definition) is 0. The Morgan fingerprint density at radius 2 is 1.69 bits per heavy atom. The molecule has 1 aliphatic heterocycles. The van der Waals surface area contributed by atoms with E-state index in [9.17, 15) is 9.59 Å². The van der Waals surface area contributed by atoms with Gasteiger partial charge in [0.25, 0.3) is 5.91 Å². The molecule has 0 saturated carbocycles. The molecule has 0 N–H and O–H groups in total. The smallest absolute Gasteiger partial charge is 0.272 e. The number of carbonyl (C=O) groups excluding carboxylic acids is 2. The van der Waals surface area contributed by atoms with Gasteiger partial charge in [0.15, 0.2) is 5.65 Å². The van der Waals surface area contributed by atoms with Crippen molar-refractivity contribution in [2.45, 2.75) is 33.1 Å². The monoisotopic (exact) mass is 435 g/mol. The molecule has 4 rings (SSSR count). The topological polar surface area (TPSA) is 80.0 Å². The Morgan fingerprint density at radius 3 is 2.31 bits per heavy atom. The molecule has 1 fully saturated rings. The van der Waals surface area contributed by atoms with E-state index in [4.69, 9.17) is 14.8 Å². The molecule has 0 aliphatic carbocycles. The molecule has 1 aromatic carbocycles. The van der Waals surface area contributed by atoms with Crippen molar-refractivity contribution in [2.24, 2.45) is 0 Å². The van der Waals surface area contributed by atoms with Gasteiger partial charge in [-0.2, -0.15) is 5.10 Å². The van der Waals surface area contributed by atoms with Crippen molar-refractivity contribution in [3.05, 3.63) is 47.8 Å². The molecule has 0 atom stereocenters. The van der Waals surface area contributed by atoms with E-state index in [0.29, 0.717) is 43.2 Å². The van der Waals surface area contributed by atoms with Crippen LogP contribution in [0, 0.1) is 0 Å². The van der Waals surface area contributed by atoms with Gasteiger partial charge in [-0.1, -0.05) is 32.9 Å². The van der Waals surface area contributed by atoms with Crippen LogP contribution in [0.2, 0.25) is 0 Å². The number of ether oxygens (including phenoxy) is 1. The van der Waals surface area contributed by atoms with Gasteiger partial charge >= 0.3 is 0 Å². The second-order valence-corrected chi connectivity index (χ2v) is 9.11. The summed E-state index contributed by atoms with van der Waals surface area (Å²) >= 11 is 0. The van der Waals surface area contributed by atoms with Gasteiger partial charge < -0.3 is 14.5 Å². The number of rotatable bonds is 3. The third-order valence-electron chi connectivity index (χ3n) is 5.79. The highest BCUT2D eigenvalue weighted by Gasteiger charge is 2.27. The van der Waals surface area contributed by atoms with Crippen molar-refractivity contribution in [2.75, 3.05) is 33.3 Å². The Labute approximate surface area is 187 Å². The standard InChI is InChI=1S/C24H29N5O3/c1-16(30)27-9-11-28(12-10-27)23(31)20-14-19(17-7-6-8-18(13-17)32-5)25-22-15-21(24(2,3)4)26-29(20)22/h6-8,13-15H,9-12H2,1-5H3. The van der Waals surface area contributed by atoms with Crippen LogP contribution in [0.3, 0.4) is 0 Å².